The highest BCUT2D eigenvalue weighted by Crippen LogP contribution is 2.37. The van der Waals surface area contributed by atoms with E-state index in [2.05, 4.69) is 10.3 Å². The summed E-state index contributed by atoms with van der Waals surface area (Å²) in [5, 5.41) is 21.9. The highest BCUT2D eigenvalue weighted by Gasteiger charge is 2.21. The molecule has 0 amide bonds. The van der Waals surface area contributed by atoms with Crippen LogP contribution in [-0.4, -0.2) is 33.7 Å². The van der Waals surface area contributed by atoms with E-state index in [1.54, 1.807) is 12.1 Å². The molecule has 27 heavy (non-hydrogen) atoms. The predicted octanol–water partition coefficient (Wildman–Crippen LogP) is 3.17. The van der Waals surface area contributed by atoms with Crippen LogP contribution in [0, 0.1) is 0 Å². The Morgan fingerprint density at radius 1 is 1.07 bits per heavy atom. The third-order valence-corrected chi connectivity index (χ3v) is 4.65. The lowest BCUT2D eigenvalue weighted by Crippen LogP contribution is -2.13. The Morgan fingerprint density at radius 3 is 2.48 bits per heavy atom. The van der Waals surface area contributed by atoms with Crippen LogP contribution in [0.25, 0.3) is 10.2 Å². The van der Waals surface area contributed by atoms with Crippen LogP contribution in [0.4, 0.5) is 0 Å². The first-order chi connectivity index (χ1) is 12.5. The molecule has 0 unspecified atom stereocenters. The molecule has 0 saturated heterocycles. The van der Waals surface area contributed by atoms with Gasteiger partial charge >= 0.3 is 11.9 Å². The van der Waals surface area contributed by atoms with Gasteiger partial charge in [-0.15, -0.1) is 23.7 Å². The van der Waals surface area contributed by atoms with Crippen LogP contribution in [0.2, 0.25) is 0 Å². The van der Waals surface area contributed by atoms with Crippen molar-refractivity contribution in [2.45, 2.75) is 13.1 Å². The first kappa shape index (κ1) is 20.6. The van der Waals surface area contributed by atoms with E-state index >= 15 is 0 Å². The van der Waals surface area contributed by atoms with Crippen LogP contribution in [0.1, 0.15) is 20.9 Å². The van der Waals surface area contributed by atoms with E-state index in [1.165, 1.54) is 0 Å². The number of aromatic nitrogens is 1. The molecular weight excluding hydrogens is 392 g/mol. The van der Waals surface area contributed by atoms with Gasteiger partial charge in [0.15, 0.2) is 17.2 Å². The van der Waals surface area contributed by atoms with Gasteiger partial charge in [-0.25, -0.2) is 14.6 Å². The van der Waals surface area contributed by atoms with Crippen molar-refractivity contribution in [3.8, 4) is 5.75 Å². The summed E-state index contributed by atoms with van der Waals surface area (Å²) in [6, 6.07) is 13.4. The summed E-state index contributed by atoms with van der Waals surface area (Å²) in [6.07, 6.45) is 0. The number of nitrogens with zero attached hydrogens (tertiary/aromatic N) is 1. The summed E-state index contributed by atoms with van der Waals surface area (Å²) < 4.78 is 5.17. The smallest absolute Gasteiger partial charge is 0.349 e. The van der Waals surface area contributed by atoms with Crippen molar-refractivity contribution < 1.29 is 24.5 Å². The topological polar surface area (TPSA) is 109 Å². The van der Waals surface area contributed by atoms with Gasteiger partial charge in [0.2, 0.25) is 0 Å². The Kier molecular flexibility index (Phi) is 7.12. The van der Waals surface area contributed by atoms with Gasteiger partial charge in [0, 0.05) is 13.1 Å². The molecule has 3 aromatic rings. The summed E-state index contributed by atoms with van der Waals surface area (Å²) in [7, 11) is 0. The van der Waals surface area contributed by atoms with Crippen molar-refractivity contribution in [1.82, 2.24) is 10.3 Å². The number of aromatic carboxylic acids is 1. The number of ether oxygens (including phenoxy) is 1. The Morgan fingerprint density at radius 2 is 1.81 bits per heavy atom. The fourth-order valence-corrected chi connectivity index (χ4v) is 3.42. The van der Waals surface area contributed by atoms with Crippen molar-refractivity contribution in [3.05, 3.63) is 58.6 Å². The Labute approximate surface area is 165 Å². The van der Waals surface area contributed by atoms with E-state index in [4.69, 9.17) is 9.84 Å². The monoisotopic (exact) mass is 408 g/mol. The molecule has 0 radical (unpaired) electrons. The van der Waals surface area contributed by atoms with E-state index in [1.807, 2.05) is 30.3 Å². The van der Waals surface area contributed by atoms with Gasteiger partial charge in [-0.05, 0) is 17.7 Å². The molecule has 0 aliphatic heterocycles. The Balaban J connectivity index is 0.00000261. The maximum atomic E-state index is 11.4. The van der Waals surface area contributed by atoms with Gasteiger partial charge in [0.05, 0.1) is 11.1 Å². The number of halogens is 1. The standard InChI is InChI=1S/C18H16N2O5S.ClH/c21-14(22)10-25-15-13-7-6-12(20-17(13)26-16(15)18(23)24)9-19-8-11-4-2-1-3-5-11;/h1-7,19H,8-10H2,(H,21,22)(H,23,24);1H. The predicted molar refractivity (Wildman–Crippen MR) is 104 cm³/mol. The molecule has 0 aliphatic rings. The number of carboxylic acids is 2. The zero-order chi connectivity index (χ0) is 18.5. The lowest BCUT2D eigenvalue weighted by Gasteiger charge is -2.05. The zero-order valence-electron chi connectivity index (χ0n) is 14.0. The number of carboxylic acid groups (broad SMARTS) is 2. The van der Waals surface area contributed by atoms with E-state index in [-0.39, 0.29) is 23.0 Å². The van der Waals surface area contributed by atoms with E-state index < -0.39 is 18.5 Å². The van der Waals surface area contributed by atoms with Crippen molar-refractivity contribution >= 4 is 45.9 Å². The quantitative estimate of drug-likeness (QED) is 0.525. The van der Waals surface area contributed by atoms with Crippen LogP contribution in [0.5, 0.6) is 5.75 Å². The van der Waals surface area contributed by atoms with Gasteiger partial charge in [0.25, 0.3) is 0 Å². The molecule has 0 saturated carbocycles. The normalized spacial score (nSPS) is 10.4. The molecule has 1 aromatic carbocycles. The second-order valence-corrected chi connectivity index (χ2v) is 6.49. The van der Waals surface area contributed by atoms with E-state index in [0.29, 0.717) is 23.3 Å². The molecule has 3 N–H and O–H groups in total. The first-order valence-corrected chi connectivity index (χ1v) is 8.61. The van der Waals surface area contributed by atoms with Crippen molar-refractivity contribution in [2.24, 2.45) is 0 Å². The molecule has 2 heterocycles. The summed E-state index contributed by atoms with van der Waals surface area (Å²) in [6.45, 7) is 0.612. The number of rotatable bonds is 8. The van der Waals surface area contributed by atoms with Crippen LogP contribution >= 0.6 is 23.7 Å². The second kappa shape index (κ2) is 9.31. The minimum absolute atomic E-state index is 0. The van der Waals surface area contributed by atoms with E-state index in [0.717, 1.165) is 22.6 Å². The van der Waals surface area contributed by atoms with Crippen LogP contribution in [0.3, 0.4) is 0 Å². The van der Waals surface area contributed by atoms with Gasteiger partial charge in [-0.3, -0.25) is 0 Å². The number of carbonyl (C=O) groups is 2. The van der Waals surface area contributed by atoms with Gasteiger partial charge in [-0.1, -0.05) is 30.3 Å². The highest BCUT2D eigenvalue weighted by molar-refractivity contribution is 7.20. The van der Waals surface area contributed by atoms with Gasteiger partial charge < -0.3 is 20.3 Å². The molecule has 0 bridgehead atoms. The largest absolute Gasteiger partial charge is 0.479 e. The summed E-state index contributed by atoms with van der Waals surface area (Å²) in [4.78, 5) is 27.0. The fraction of sp³-hybridized carbons (Fsp3) is 0.167. The number of pyridine rings is 1. The molecule has 2 aromatic heterocycles. The third-order valence-electron chi connectivity index (χ3n) is 3.58. The van der Waals surface area contributed by atoms with Crippen LogP contribution in [-0.2, 0) is 17.9 Å². The molecule has 9 heteroatoms. The lowest BCUT2D eigenvalue weighted by molar-refractivity contribution is -0.139. The second-order valence-electron chi connectivity index (χ2n) is 5.49. The SMILES string of the molecule is Cl.O=C(O)COc1c(C(=O)O)sc2nc(CNCc3ccccc3)ccc12. The molecule has 142 valence electrons. The molecule has 0 aliphatic carbocycles. The zero-order valence-corrected chi connectivity index (χ0v) is 15.7. The van der Waals surface area contributed by atoms with Crippen molar-refractivity contribution in [1.29, 1.82) is 0 Å². The number of nitrogens with one attached hydrogen (secondary N) is 1. The first-order valence-electron chi connectivity index (χ1n) is 7.79. The van der Waals surface area contributed by atoms with Crippen LogP contribution < -0.4 is 10.1 Å². The molecule has 3 rings (SSSR count). The Hall–Kier alpha value is -2.68. The number of aliphatic carboxylic acids is 1. The molecule has 0 fully saturated rings. The molecular formula is C18H17ClN2O5S. The minimum Gasteiger partial charge on any atom is -0.479 e. The number of fused-ring (bicyclic) bond motifs is 1. The number of benzene rings is 1. The maximum Gasteiger partial charge on any atom is 0.349 e. The third kappa shape index (κ3) is 5.16. The Bertz CT molecular complexity index is 946. The number of thiophene rings is 1. The van der Waals surface area contributed by atoms with Crippen LogP contribution in [0.15, 0.2) is 42.5 Å². The van der Waals surface area contributed by atoms with Gasteiger partial charge in [-0.2, -0.15) is 0 Å². The number of hydrogen-bond donors (Lipinski definition) is 3. The average Bonchev–Trinajstić information content (AvgIpc) is 2.99. The summed E-state index contributed by atoms with van der Waals surface area (Å²) in [5.74, 6) is -2.29. The molecule has 7 nitrogen and oxygen atoms in total. The molecule has 0 atom stereocenters. The average molecular weight is 409 g/mol. The maximum absolute atomic E-state index is 11.4. The minimum atomic E-state index is -1.17. The number of hydrogen-bond acceptors (Lipinski definition) is 6. The summed E-state index contributed by atoms with van der Waals surface area (Å²) in [5.41, 5.74) is 1.92. The summed E-state index contributed by atoms with van der Waals surface area (Å²) >= 11 is 0.971. The lowest BCUT2D eigenvalue weighted by atomic mass is 10.2. The fourth-order valence-electron chi connectivity index (χ4n) is 2.44. The van der Waals surface area contributed by atoms with Crippen molar-refractivity contribution in [2.75, 3.05) is 6.61 Å². The highest BCUT2D eigenvalue weighted by atomic mass is 35.5. The van der Waals surface area contributed by atoms with Gasteiger partial charge in [0.1, 0.15) is 4.83 Å². The van der Waals surface area contributed by atoms with E-state index in [9.17, 15) is 14.7 Å². The molecule has 0 spiro atoms. The van der Waals surface area contributed by atoms with Crippen molar-refractivity contribution in [3.63, 3.8) is 0 Å².